The third-order valence-corrected chi connectivity index (χ3v) is 9.60. The summed E-state index contributed by atoms with van der Waals surface area (Å²) in [6.45, 7) is 0. The fourth-order valence-corrected chi connectivity index (χ4v) is 7.67. The molecule has 0 aromatic heterocycles. The maximum Gasteiger partial charge on any atom is 0.0754 e. The van der Waals surface area contributed by atoms with Crippen LogP contribution in [0.3, 0.4) is 0 Å². The van der Waals surface area contributed by atoms with E-state index in [0.29, 0.717) is 0 Å². The lowest BCUT2D eigenvalue weighted by Crippen LogP contribution is -2.36. The Bertz CT molecular complexity index is 2080. The molecule has 0 amide bonds. The fourth-order valence-electron chi connectivity index (χ4n) is 7.67. The first-order chi connectivity index (χ1) is 22.2. The van der Waals surface area contributed by atoms with Crippen LogP contribution in [0.15, 0.2) is 170 Å². The zero-order valence-corrected chi connectivity index (χ0v) is 24.7. The van der Waals surface area contributed by atoms with Crippen LogP contribution in [0.5, 0.6) is 0 Å². The van der Waals surface area contributed by atoms with Gasteiger partial charge in [-0.15, -0.1) is 0 Å². The topological polar surface area (TPSA) is 29.3 Å². The van der Waals surface area contributed by atoms with E-state index in [1.165, 1.54) is 67.0 Å². The van der Waals surface area contributed by atoms with Gasteiger partial charge in [0, 0.05) is 11.4 Å². The lowest BCUT2D eigenvalue weighted by atomic mass is 9.64. The van der Waals surface area contributed by atoms with Crippen LogP contribution in [-0.2, 0) is 5.41 Å². The average molecular weight is 575 g/mol. The minimum absolute atomic E-state index is 0.516. The molecule has 1 aliphatic carbocycles. The Hall–Kier alpha value is -5.86. The monoisotopic (exact) mass is 574 g/mol. The van der Waals surface area contributed by atoms with E-state index in [9.17, 15) is 0 Å². The smallest absolute Gasteiger partial charge is 0.0754 e. The van der Waals surface area contributed by atoms with E-state index in [2.05, 4.69) is 163 Å². The van der Waals surface area contributed by atoms with Crippen molar-refractivity contribution in [3.63, 3.8) is 0 Å². The van der Waals surface area contributed by atoms with E-state index in [0.717, 1.165) is 11.4 Å². The Balaban J connectivity index is 1.41. The Morgan fingerprint density at radius 2 is 0.822 bits per heavy atom. The number of nitrogens with zero attached hydrogens (tertiary/aromatic N) is 1. The van der Waals surface area contributed by atoms with Gasteiger partial charge in [-0.25, -0.2) is 0 Å². The Morgan fingerprint density at radius 3 is 1.31 bits per heavy atom. The van der Waals surface area contributed by atoms with Gasteiger partial charge in [-0.05, 0) is 104 Å². The van der Waals surface area contributed by atoms with Crippen molar-refractivity contribution in [1.29, 1.82) is 0 Å². The molecule has 7 aromatic carbocycles. The van der Waals surface area contributed by atoms with Crippen LogP contribution in [-0.4, -0.2) is 0 Å². The molecule has 0 saturated heterocycles. The van der Waals surface area contributed by atoms with Crippen molar-refractivity contribution in [1.82, 2.24) is 0 Å². The number of fused-ring (bicyclic) bond motifs is 9. The van der Waals surface area contributed by atoms with E-state index >= 15 is 0 Å². The van der Waals surface area contributed by atoms with Gasteiger partial charge in [-0.2, -0.15) is 0 Å². The lowest BCUT2D eigenvalue weighted by Gasteiger charge is -2.45. The molecule has 45 heavy (non-hydrogen) atoms. The summed E-state index contributed by atoms with van der Waals surface area (Å²) in [6, 6.07) is 61.7. The number of hydrogen-bond acceptors (Lipinski definition) is 2. The highest BCUT2D eigenvalue weighted by atomic mass is 15.2. The molecule has 212 valence electrons. The third kappa shape index (κ3) is 3.69. The highest BCUT2D eigenvalue weighted by Crippen LogP contribution is 2.64. The molecule has 2 nitrogen and oxygen atoms in total. The molecule has 7 aromatic rings. The predicted octanol–water partition coefficient (Wildman–Crippen LogP) is 10.7. The normalized spacial score (nSPS) is 13.6. The maximum atomic E-state index is 6.15. The summed E-state index contributed by atoms with van der Waals surface area (Å²) in [7, 11) is 0. The van der Waals surface area contributed by atoms with Crippen LogP contribution >= 0.6 is 0 Å². The van der Waals surface area contributed by atoms with E-state index in [1.807, 2.05) is 12.1 Å². The molecular formula is C43H30N2. The van der Waals surface area contributed by atoms with Crippen LogP contribution in [0.4, 0.5) is 22.7 Å². The zero-order chi connectivity index (χ0) is 30.0. The number of hydrogen-bond donors (Lipinski definition) is 1. The number of para-hydroxylation sites is 2. The predicted molar refractivity (Wildman–Crippen MR) is 187 cm³/mol. The molecule has 0 unspecified atom stereocenters. The second-order valence-electron chi connectivity index (χ2n) is 12.0. The van der Waals surface area contributed by atoms with Crippen molar-refractivity contribution in [2.45, 2.75) is 5.41 Å². The summed E-state index contributed by atoms with van der Waals surface area (Å²) in [5.41, 5.74) is 22.5. The largest absolute Gasteiger partial charge is 0.399 e. The molecule has 9 rings (SSSR count). The standard InChI is InChI=1S/C43H30N2/c44-33-21-23-34(24-22-33)45-41-17-9-7-15-37(41)43(38-16-8-10-18-42(38)45)39-27-31(29-11-3-1-4-12-29)19-25-35(39)36-26-20-32(28-40(36)43)30-13-5-2-6-14-30/h1-28H,44H2. The SMILES string of the molecule is Nc1ccc(N2c3ccccc3C3(c4cc(-c5ccccc5)ccc4-c4ccc(-c5ccccc5)cc43)c3ccccc32)cc1. The Kier molecular flexibility index (Phi) is 5.60. The molecule has 2 N–H and O–H groups in total. The summed E-state index contributed by atoms with van der Waals surface area (Å²) in [5, 5.41) is 0. The first-order valence-corrected chi connectivity index (χ1v) is 15.5. The number of rotatable bonds is 3. The van der Waals surface area contributed by atoms with Gasteiger partial charge in [0.2, 0.25) is 0 Å². The van der Waals surface area contributed by atoms with Gasteiger partial charge in [0.1, 0.15) is 0 Å². The van der Waals surface area contributed by atoms with E-state index in [1.54, 1.807) is 0 Å². The van der Waals surface area contributed by atoms with Crippen molar-refractivity contribution in [2.24, 2.45) is 0 Å². The number of nitrogens with two attached hydrogens (primary N) is 1. The van der Waals surface area contributed by atoms with E-state index in [-0.39, 0.29) is 0 Å². The maximum absolute atomic E-state index is 6.15. The average Bonchev–Trinajstić information content (AvgIpc) is 3.39. The van der Waals surface area contributed by atoms with Gasteiger partial charge in [-0.3, -0.25) is 0 Å². The van der Waals surface area contributed by atoms with E-state index in [4.69, 9.17) is 5.73 Å². The Labute approximate surface area is 263 Å². The zero-order valence-electron chi connectivity index (χ0n) is 24.7. The van der Waals surface area contributed by atoms with Crippen LogP contribution in [0.1, 0.15) is 22.3 Å². The van der Waals surface area contributed by atoms with Gasteiger partial charge in [0.05, 0.1) is 16.8 Å². The molecule has 1 aliphatic heterocycles. The first-order valence-electron chi connectivity index (χ1n) is 15.5. The van der Waals surface area contributed by atoms with Crippen molar-refractivity contribution in [3.8, 4) is 33.4 Å². The van der Waals surface area contributed by atoms with Gasteiger partial charge in [0.25, 0.3) is 0 Å². The summed E-state index contributed by atoms with van der Waals surface area (Å²) >= 11 is 0. The lowest BCUT2D eigenvalue weighted by molar-refractivity contribution is 0.753. The number of benzene rings is 7. The van der Waals surface area contributed by atoms with E-state index < -0.39 is 5.41 Å². The summed E-state index contributed by atoms with van der Waals surface area (Å²) in [6.07, 6.45) is 0. The van der Waals surface area contributed by atoms with Gasteiger partial charge in [-0.1, -0.05) is 121 Å². The van der Waals surface area contributed by atoms with Crippen molar-refractivity contribution < 1.29 is 0 Å². The van der Waals surface area contributed by atoms with Gasteiger partial charge in [0.15, 0.2) is 0 Å². The van der Waals surface area contributed by atoms with Crippen LogP contribution in [0.25, 0.3) is 33.4 Å². The molecule has 0 radical (unpaired) electrons. The number of anilines is 4. The first kappa shape index (κ1) is 25.6. The molecular weight excluding hydrogens is 544 g/mol. The molecule has 0 atom stereocenters. The molecule has 2 aliphatic rings. The molecule has 2 heteroatoms. The Morgan fingerprint density at radius 1 is 0.378 bits per heavy atom. The van der Waals surface area contributed by atoms with Crippen LogP contribution < -0.4 is 10.6 Å². The molecule has 1 heterocycles. The molecule has 0 fully saturated rings. The molecule has 0 bridgehead atoms. The second-order valence-corrected chi connectivity index (χ2v) is 12.0. The van der Waals surface area contributed by atoms with Gasteiger partial charge < -0.3 is 10.6 Å². The summed E-state index contributed by atoms with van der Waals surface area (Å²) in [4.78, 5) is 2.40. The van der Waals surface area contributed by atoms with Crippen LogP contribution in [0, 0.1) is 0 Å². The fraction of sp³-hybridized carbons (Fsp3) is 0.0233. The third-order valence-electron chi connectivity index (χ3n) is 9.60. The minimum Gasteiger partial charge on any atom is -0.399 e. The second kappa shape index (κ2) is 9.83. The molecule has 0 saturated carbocycles. The highest BCUT2D eigenvalue weighted by molar-refractivity contribution is 5.97. The van der Waals surface area contributed by atoms with Gasteiger partial charge >= 0.3 is 0 Å². The summed E-state index contributed by atoms with van der Waals surface area (Å²) < 4.78 is 0. The van der Waals surface area contributed by atoms with Crippen molar-refractivity contribution in [3.05, 3.63) is 192 Å². The van der Waals surface area contributed by atoms with Crippen molar-refractivity contribution in [2.75, 3.05) is 10.6 Å². The van der Waals surface area contributed by atoms with Crippen LogP contribution in [0.2, 0.25) is 0 Å². The quantitative estimate of drug-likeness (QED) is 0.213. The minimum atomic E-state index is -0.516. The number of nitrogen functional groups attached to an aromatic ring is 1. The molecule has 1 spiro atoms. The highest BCUT2D eigenvalue weighted by Gasteiger charge is 2.51. The summed E-state index contributed by atoms with van der Waals surface area (Å²) in [5.74, 6) is 0. The van der Waals surface area contributed by atoms with Crippen molar-refractivity contribution >= 4 is 22.7 Å².